The molecule has 0 aliphatic carbocycles. The van der Waals surface area contributed by atoms with E-state index in [9.17, 15) is 4.79 Å². The largest absolute Gasteiger partial charge is 0.480 e. The zero-order valence-corrected chi connectivity index (χ0v) is 8.76. The van der Waals surface area contributed by atoms with Crippen molar-refractivity contribution >= 4 is 29.3 Å². The summed E-state index contributed by atoms with van der Waals surface area (Å²) < 4.78 is 0. The molecule has 76 valence electrons. The Morgan fingerprint density at radius 3 is 2.43 bits per heavy atom. The second-order valence-electron chi connectivity index (χ2n) is 2.58. The number of aliphatic carboxylic acids is 1. The molecule has 1 rings (SSSR count). The number of aliphatic hydroxyl groups is 1. The lowest BCUT2D eigenvalue weighted by molar-refractivity contribution is -0.137. The fourth-order valence-electron chi connectivity index (χ4n) is 0.843. The van der Waals surface area contributed by atoms with Crippen molar-refractivity contribution in [3.8, 4) is 0 Å². The maximum Gasteiger partial charge on any atom is 0.319 e. The van der Waals surface area contributed by atoms with Crippen molar-refractivity contribution in [1.82, 2.24) is 0 Å². The fraction of sp³-hybridized carbons (Fsp3) is 0.222. The predicted molar refractivity (Wildman–Crippen MR) is 55.8 cm³/mol. The van der Waals surface area contributed by atoms with Crippen LogP contribution >= 0.6 is 23.4 Å². The summed E-state index contributed by atoms with van der Waals surface area (Å²) in [6.45, 7) is -0.386. The molecule has 0 aliphatic heterocycles. The Balaban J connectivity index is 2.67. The van der Waals surface area contributed by atoms with Crippen molar-refractivity contribution in [2.45, 2.75) is 10.1 Å². The standard InChI is InChI=1S/C9H9ClO3S/c10-6-1-3-7(4-2-6)14-8(5-11)9(12)13/h1-4,8,11H,5H2,(H,12,13). The molecule has 0 saturated heterocycles. The van der Waals surface area contributed by atoms with E-state index in [1.807, 2.05) is 0 Å². The van der Waals surface area contributed by atoms with Crippen LogP contribution in [0, 0.1) is 0 Å². The number of carboxylic acids is 1. The van der Waals surface area contributed by atoms with E-state index in [2.05, 4.69) is 0 Å². The molecule has 14 heavy (non-hydrogen) atoms. The maximum atomic E-state index is 10.6. The van der Waals surface area contributed by atoms with Crippen molar-refractivity contribution < 1.29 is 15.0 Å². The third kappa shape index (κ3) is 3.21. The maximum absolute atomic E-state index is 10.6. The lowest BCUT2D eigenvalue weighted by Crippen LogP contribution is -2.20. The minimum absolute atomic E-state index is 0.386. The highest BCUT2D eigenvalue weighted by atomic mass is 35.5. The summed E-state index contributed by atoms with van der Waals surface area (Å²) in [7, 11) is 0. The molecule has 2 N–H and O–H groups in total. The average molecular weight is 233 g/mol. The molecule has 0 spiro atoms. The van der Waals surface area contributed by atoms with Crippen LogP contribution in [0.4, 0.5) is 0 Å². The molecule has 0 saturated carbocycles. The molecular weight excluding hydrogens is 224 g/mol. The molecule has 0 radical (unpaired) electrons. The Kier molecular flexibility index (Phi) is 4.25. The van der Waals surface area contributed by atoms with E-state index in [0.29, 0.717) is 5.02 Å². The quantitative estimate of drug-likeness (QED) is 0.779. The molecule has 0 fully saturated rings. The first kappa shape index (κ1) is 11.4. The summed E-state index contributed by atoms with van der Waals surface area (Å²) in [5, 5.41) is 17.2. The topological polar surface area (TPSA) is 57.5 Å². The zero-order chi connectivity index (χ0) is 10.6. The van der Waals surface area contributed by atoms with Crippen LogP contribution in [-0.2, 0) is 4.79 Å². The van der Waals surface area contributed by atoms with Gasteiger partial charge in [0, 0.05) is 9.92 Å². The summed E-state index contributed by atoms with van der Waals surface area (Å²) >= 11 is 6.77. The highest BCUT2D eigenvalue weighted by Crippen LogP contribution is 2.24. The molecule has 1 aromatic carbocycles. The van der Waals surface area contributed by atoms with Crippen LogP contribution in [-0.4, -0.2) is 28.0 Å². The number of aliphatic hydroxyl groups excluding tert-OH is 1. The Morgan fingerprint density at radius 1 is 1.43 bits per heavy atom. The van der Waals surface area contributed by atoms with Crippen molar-refractivity contribution in [3.63, 3.8) is 0 Å². The predicted octanol–water partition coefficient (Wildman–Crippen LogP) is 1.88. The van der Waals surface area contributed by atoms with Gasteiger partial charge in [0.15, 0.2) is 0 Å². The molecule has 1 unspecified atom stereocenters. The van der Waals surface area contributed by atoms with Crippen molar-refractivity contribution in [1.29, 1.82) is 0 Å². The van der Waals surface area contributed by atoms with E-state index >= 15 is 0 Å². The second kappa shape index (κ2) is 5.24. The average Bonchev–Trinajstić information content (AvgIpc) is 2.16. The monoisotopic (exact) mass is 232 g/mol. The van der Waals surface area contributed by atoms with Gasteiger partial charge in [-0.1, -0.05) is 11.6 Å². The van der Waals surface area contributed by atoms with Gasteiger partial charge in [0.05, 0.1) is 6.61 Å². The molecule has 1 atom stereocenters. The first-order valence-corrected chi connectivity index (χ1v) is 5.15. The number of halogens is 1. The zero-order valence-electron chi connectivity index (χ0n) is 7.18. The van der Waals surface area contributed by atoms with E-state index in [0.717, 1.165) is 16.7 Å². The molecule has 5 heteroatoms. The third-order valence-electron chi connectivity index (χ3n) is 1.53. The Labute approximate surface area is 90.7 Å². The smallest absolute Gasteiger partial charge is 0.319 e. The normalized spacial score (nSPS) is 12.4. The lowest BCUT2D eigenvalue weighted by Gasteiger charge is -2.08. The molecule has 0 bridgehead atoms. The molecule has 0 heterocycles. The SMILES string of the molecule is O=C(O)C(CO)Sc1ccc(Cl)cc1. The number of rotatable bonds is 4. The molecule has 0 aromatic heterocycles. The first-order chi connectivity index (χ1) is 6.63. The molecule has 1 aromatic rings. The minimum Gasteiger partial charge on any atom is -0.480 e. The van der Waals surface area contributed by atoms with Crippen LogP contribution in [0.5, 0.6) is 0 Å². The Bertz CT molecular complexity index is 312. The van der Waals surface area contributed by atoms with Crippen LogP contribution in [0.2, 0.25) is 5.02 Å². The van der Waals surface area contributed by atoms with Gasteiger partial charge in [0.1, 0.15) is 5.25 Å². The van der Waals surface area contributed by atoms with Gasteiger partial charge in [-0.15, -0.1) is 11.8 Å². The first-order valence-electron chi connectivity index (χ1n) is 3.89. The molecule has 3 nitrogen and oxygen atoms in total. The Hall–Kier alpha value is -0.710. The summed E-state index contributed by atoms with van der Waals surface area (Å²) in [4.78, 5) is 11.4. The van der Waals surface area contributed by atoms with Gasteiger partial charge in [-0.05, 0) is 24.3 Å². The lowest BCUT2D eigenvalue weighted by atomic mass is 10.4. The van der Waals surface area contributed by atoms with Crippen LogP contribution in [0.15, 0.2) is 29.2 Å². The summed E-state index contributed by atoms with van der Waals surface area (Å²) in [5.41, 5.74) is 0. The van der Waals surface area contributed by atoms with E-state index in [-0.39, 0.29) is 6.61 Å². The van der Waals surface area contributed by atoms with Crippen LogP contribution in [0.1, 0.15) is 0 Å². The van der Waals surface area contributed by atoms with E-state index < -0.39 is 11.2 Å². The number of thioether (sulfide) groups is 1. The van der Waals surface area contributed by atoms with Crippen LogP contribution in [0.3, 0.4) is 0 Å². The molecule has 0 aliphatic rings. The molecular formula is C9H9ClO3S. The Morgan fingerprint density at radius 2 is 2.00 bits per heavy atom. The summed E-state index contributed by atoms with van der Waals surface area (Å²) in [6.07, 6.45) is 0. The van der Waals surface area contributed by atoms with Crippen molar-refractivity contribution in [2.75, 3.05) is 6.61 Å². The number of benzene rings is 1. The van der Waals surface area contributed by atoms with Gasteiger partial charge in [-0.2, -0.15) is 0 Å². The van der Waals surface area contributed by atoms with E-state index in [1.54, 1.807) is 24.3 Å². The summed E-state index contributed by atoms with van der Waals surface area (Å²) in [6, 6.07) is 6.80. The van der Waals surface area contributed by atoms with Gasteiger partial charge in [0.25, 0.3) is 0 Å². The second-order valence-corrected chi connectivity index (χ2v) is 4.29. The van der Waals surface area contributed by atoms with Crippen LogP contribution in [0.25, 0.3) is 0 Å². The van der Waals surface area contributed by atoms with Crippen molar-refractivity contribution in [3.05, 3.63) is 29.3 Å². The number of carboxylic acid groups (broad SMARTS) is 1. The number of hydrogen-bond acceptors (Lipinski definition) is 3. The highest BCUT2D eigenvalue weighted by molar-refractivity contribution is 8.00. The van der Waals surface area contributed by atoms with Gasteiger partial charge in [0.2, 0.25) is 0 Å². The third-order valence-corrected chi connectivity index (χ3v) is 2.96. The fourth-order valence-corrected chi connectivity index (χ4v) is 1.77. The van der Waals surface area contributed by atoms with Gasteiger partial charge < -0.3 is 10.2 Å². The number of hydrogen-bond donors (Lipinski definition) is 2. The van der Waals surface area contributed by atoms with Gasteiger partial charge in [-0.25, -0.2) is 0 Å². The van der Waals surface area contributed by atoms with Gasteiger partial charge in [-0.3, -0.25) is 4.79 Å². The van der Waals surface area contributed by atoms with Crippen molar-refractivity contribution in [2.24, 2.45) is 0 Å². The number of carbonyl (C=O) groups is 1. The van der Waals surface area contributed by atoms with E-state index in [4.69, 9.17) is 21.8 Å². The van der Waals surface area contributed by atoms with Crippen LogP contribution < -0.4 is 0 Å². The van der Waals surface area contributed by atoms with Gasteiger partial charge >= 0.3 is 5.97 Å². The molecule has 0 amide bonds. The summed E-state index contributed by atoms with van der Waals surface area (Å²) in [5.74, 6) is -1.02. The minimum atomic E-state index is -1.02. The van der Waals surface area contributed by atoms with E-state index in [1.165, 1.54) is 0 Å². The highest BCUT2D eigenvalue weighted by Gasteiger charge is 2.17.